The normalized spacial score (nSPS) is 16.5. The zero-order valence-corrected chi connectivity index (χ0v) is 22.4. The van der Waals surface area contributed by atoms with Crippen molar-refractivity contribution in [1.29, 1.82) is 0 Å². The van der Waals surface area contributed by atoms with Gasteiger partial charge in [0.2, 0.25) is 15.9 Å². The van der Waals surface area contributed by atoms with Crippen LogP contribution >= 0.6 is 22.9 Å². The molecule has 0 radical (unpaired) electrons. The number of carbonyl (C=O) groups is 1. The first-order chi connectivity index (χ1) is 17.3. The number of anilines is 1. The lowest BCUT2D eigenvalue weighted by Crippen LogP contribution is -2.47. The van der Waals surface area contributed by atoms with Gasteiger partial charge in [-0.25, -0.2) is 13.4 Å². The number of hydrogen-bond acceptors (Lipinski definition) is 5. The maximum atomic E-state index is 14.1. The number of aryl methyl sites for hydroxylation is 2. The molecule has 3 aromatic carbocycles. The lowest BCUT2D eigenvalue weighted by atomic mass is 10.1. The Kier molecular flexibility index (Phi) is 6.87. The Morgan fingerprint density at radius 2 is 1.75 bits per heavy atom. The summed E-state index contributed by atoms with van der Waals surface area (Å²) >= 11 is 7.44. The quantitative estimate of drug-likeness (QED) is 0.303. The third-order valence-electron chi connectivity index (χ3n) is 6.52. The Balaban J connectivity index is 1.55. The van der Waals surface area contributed by atoms with Crippen LogP contribution in [-0.4, -0.2) is 36.2 Å². The van der Waals surface area contributed by atoms with Crippen LogP contribution in [0.5, 0.6) is 0 Å². The molecule has 36 heavy (non-hydrogen) atoms. The number of sulfonamides is 1. The van der Waals surface area contributed by atoms with Gasteiger partial charge in [-0.2, -0.15) is 4.31 Å². The topological polar surface area (TPSA) is 70.6 Å². The highest BCUT2D eigenvalue weighted by molar-refractivity contribution is 7.89. The number of carbonyl (C=O) groups excluding carboxylic acids is 1. The second-order valence-corrected chi connectivity index (χ2v) is 12.3. The predicted molar refractivity (Wildman–Crippen MR) is 145 cm³/mol. The first kappa shape index (κ1) is 24.9. The van der Waals surface area contributed by atoms with Crippen LogP contribution in [0.25, 0.3) is 10.2 Å². The van der Waals surface area contributed by atoms with Crippen molar-refractivity contribution in [3.63, 3.8) is 0 Å². The van der Waals surface area contributed by atoms with E-state index < -0.39 is 16.1 Å². The van der Waals surface area contributed by atoms with Gasteiger partial charge in [-0.15, -0.1) is 0 Å². The van der Waals surface area contributed by atoms with Gasteiger partial charge in [-0.05, 0) is 67.6 Å². The van der Waals surface area contributed by atoms with Crippen molar-refractivity contribution in [2.24, 2.45) is 0 Å². The molecule has 0 N–H and O–H groups in total. The third kappa shape index (κ3) is 4.66. The Morgan fingerprint density at radius 3 is 2.44 bits per heavy atom. The van der Waals surface area contributed by atoms with Crippen molar-refractivity contribution in [2.75, 3.05) is 11.4 Å². The molecular weight excluding hydrogens is 514 g/mol. The molecular formula is C27H26ClN3O3S2. The fraction of sp³-hybridized carbons (Fsp3) is 0.259. The molecule has 9 heteroatoms. The fourth-order valence-corrected chi connectivity index (χ4v) is 7.46. The predicted octanol–water partition coefficient (Wildman–Crippen LogP) is 5.95. The zero-order valence-electron chi connectivity index (χ0n) is 20.0. The van der Waals surface area contributed by atoms with Crippen LogP contribution in [0, 0.1) is 13.8 Å². The Labute approximate surface area is 220 Å². The molecule has 2 heterocycles. The van der Waals surface area contributed by atoms with Crippen LogP contribution < -0.4 is 4.90 Å². The number of rotatable bonds is 6. The van der Waals surface area contributed by atoms with Gasteiger partial charge in [0.05, 0.1) is 21.7 Å². The Hall–Kier alpha value is -2.78. The lowest BCUT2D eigenvalue weighted by molar-refractivity contribution is -0.121. The third-order valence-corrected chi connectivity index (χ3v) is 9.91. The summed E-state index contributed by atoms with van der Waals surface area (Å²) in [7, 11) is -3.87. The van der Waals surface area contributed by atoms with E-state index in [0.29, 0.717) is 36.1 Å². The van der Waals surface area contributed by atoms with Gasteiger partial charge >= 0.3 is 0 Å². The van der Waals surface area contributed by atoms with Crippen molar-refractivity contribution in [1.82, 2.24) is 9.29 Å². The zero-order chi connectivity index (χ0) is 25.4. The summed E-state index contributed by atoms with van der Waals surface area (Å²) in [5, 5.41) is 1.03. The van der Waals surface area contributed by atoms with Gasteiger partial charge < -0.3 is 0 Å². The van der Waals surface area contributed by atoms with Gasteiger partial charge in [0.1, 0.15) is 6.04 Å². The monoisotopic (exact) mass is 539 g/mol. The van der Waals surface area contributed by atoms with Crippen molar-refractivity contribution in [2.45, 2.75) is 44.2 Å². The Bertz CT molecular complexity index is 1480. The summed E-state index contributed by atoms with van der Waals surface area (Å²) in [6.45, 7) is 4.64. The average Bonchev–Trinajstić information content (AvgIpc) is 3.54. The second-order valence-electron chi connectivity index (χ2n) is 9.01. The van der Waals surface area contributed by atoms with Gasteiger partial charge in [0.15, 0.2) is 5.13 Å². The highest BCUT2D eigenvalue weighted by atomic mass is 35.5. The fourth-order valence-electron chi connectivity index (χ4n) is 4.57. The molecule has 0 aliphatic carbocycles. The number of hydrogen-bond donors (Lipinski definition) is 0. The lowest BCUT2D eigenvalue weighted by Gasteiger charge is -2.28. The second kappa shape index (κ2) is 9.94. The molecule has 186 valence electrons. The van der Waals surface area contributed by atoms with E-state index in [1.54, 1.807) is 17.0 Å². The minimum Gasteiger partial charge on any atom is -0.282 e. The van der Waals surface area contributed by atoms with E-state index in [1.807, 2.05) is 50.2 Å². The van der Waals surface area contributed by atoms with E-state index in [9.17, 15) is 13.2 Å². The maximum absolute atomic E-state index is 14.1. The molecule has 5 rings (SSSR count). The molecule has 1 aliphatic rings. The van der Waals surface area contributed by atoms with Crippen LogP contribution in [0.15, 0.2) is 71.6 Å². The van der Waals surface area contributed by atoms with E-state index in [1.165, 1.54) is 27.8 Å². The molecule has 1 atom stereocenters. The number of fused-ring (bicyclic) bond motifs is 1. The molecule has 0 bridgehead atoms. The molecule has 1 fully saturated rings. The van der Waals surface area contributed by atoms with Gasteiger partial charge in [0.25, 0.3) is 0 Å². The molecule has 6 nitrogen and oxygen atoms in total. The van der Waals surface area contributed by atoms with Crippen LogP contribution in [0.3, 0.4) is 0 Å². The molecule has 0 spiro atoms. The van der Waals surface area contributed by atoms with Crippen LogP contribution in [0.1, 0.15) is 29.5 Å². The van der Waals surface area contributed by atoms with Crippen LogP contribution in [0.2, 0.25) is 5.02 Å². The smallest absolute Gasteiger partial charge is 0.247 e. The number of benzene rings is 3. The molecule has 1 saturated heterocycles. The van der Waals surface area contributed by atoms with Crippen molar-refractivity contribution >= 4 is 54.2 Å². The van der Waals surface area contributed by atoms with Crippen LogP contribution in [0.4, 0.5) is 5.13 Å². The van der Waals surface area contributed by atoms with Crippen molar-refractivity contribution < 1.29 is 13.2 Å². The first-order valence-corrected chi connectivity index (χ1v) is 14.4. The largest absolute Gasteiger partial charge is 0.282 e. The number of halogens is 1. The van der Waals surface area contributed by atoms with Crippen LogP contribution in [-0.2, 0) is 21.4 Å². The minimum absolute atomic E-state index is 0.132. The summed E-state index contributed by atoms with van der Waals surface area (Å²) in [6.07, 6.45) is 1.07. The summed E-state index contributed by atoms with van der Waals surface area (Å²) in [5.74, 6) is -0.261. The molecule has 0 saturated carbocycles. The summed E-state index contributed by atoms with van der Waals surface area (Å²) < 4.78 is 29.4. The summed E-state index contributed by atoms with van der Waals surface area (Å²) in [4.78, 5) is 20.7. The van der Waals surface area contributed by atoms with Gasteiger partial charge in [-0.3, -0.25) is 9.69 Å². The van der Waals surface area contributed by atoms with Crippen molar-refractivity contribution in [3.05, 3.63) is 88.4 Å². The molecule has 4 aromatic rings. The molecule has 1 aliphatic heterocycles. The molecule has 1 aromatic heterocycles. The van der Waals surface area contributed by atoms with Crippen molar-refractivity contribution in [3.8, 4) is 0 Å². The first-order valence-electron chi connectivity index (χ1n) is 11.7. The Morgan fingerprint density at radius 1 is 1.06 bits per heavy atom. The average molecular weight is 540 g/mol. The number of aromatic nitrogens is 1. The van der Waals surface area contributed by atoms with E-state index in [4.69, 9.17) is 16.6 Å². The van der Waals surface area contributed by atoms with Gasteiger partial charge in [-0.1, -0.05) is 65.4 Å². The SMILES string of the molecule is Cc1ccc(C)c2sc(N(Cc3ccccc3)C(=O)C3CCCN3S(=O)(=O)c3ccc(Cl)cc3)nc12. The van der Waals surface area contributed by atoms with E-state index in [2.05, 4.69) is 6.07 Å². The highest BCUT2D eigenvalue weighted by Crippen LogP contribution is 2.36. The molecule has 1 unspecified atom stereocenters. The minimum atomic E-state index is -3.87. The van der Waals surface area contributed by atoms with E-state index >= 15 is 0 Å². The molecule has 1 amide bonds. The maximum Gasteiger partial charge on any atom is 0.247 e. The van der Waals surface area contributed by atoms with E-state index in [-0.39, 0.29) is 10.8 Å². The number of thiazole rings is 1. The summed E-state index contributed by atoms with van der Waals surface area (Å²) in [5.41, 5.74) is 3.96. The summed E-state index contributed by atoms with van der Waals surface area (Å²) in [6, 6.07) is 19.1. The van der Waals surface area contributed by atoms with Gasteiger partial charge in [0, 0.05) is 11.6 Å². The standard InChI is InChI=1S/C27H26ClN3O3S2/c1-18-10-11-19(2)25-24(18)29-27(35-25)30(17-20-7-4-3-5-8-20)26(32)23-9-6-16-31(23)36(33,34)22-14-12-21(28)13-15-22/h3-5,7-8,10-15,23H,6,9,16-17H2,1-2H3. The number of nitrogens with zero attached hydrogens (tertiary/aromatic N) is 3. The van der Waals surface area contributed by atoms with E-state index in [0.717, 1.165) is 26.9 Å². The highest BCUT2D eigenvalue weighted by Gasteiger charge is 2.42. The number of amides is 1.